The minimum atomic E-state index is -0.239. The van der Waals surface area contributed by atoms with Crippen molar-refractivity contribution in [3.05, 3.63) is 70.4 Å². The largest absolute Gasteiger partial charge is 0.466 e. The summed E-state index contributed by atoms with van der Waals surface area (Å²) in [5, 5.41) is 1.81. The first-order chi connectivity index (χ1) is 16.0. The molecule has 4 rings (SSSR count). The fourth-order valence-electron chi connectivity index (χ4n) is 4.88. The molecule has 1 aromatic heterocycles. The number of nitrogens with one attached hydrogen (secondary N) is 1. The molecule has 2 aromatic carbocycles. The molecular weight excluding hydrogens is 436 g/mol. The van der Waals surface area contributed by atoms with Crippen LogP contribution in [0.2, 0.25) is 5.02 Å². The van der Waals surface area contributed by atoms with Gasteiger partial charge in [0, 0.05) is 47.6 Å². The van der Waals surface area contributed by atoms with Crippen molar-refractivity contribution in [1.82, 2.24) is 9.88 Å². The second-order valence-corrected chi connectivity index (χ2v) is 9.11. The van der Waals surface area contributed by atoms with E-state index in [4.69, 9.17) is 16.3 Å². The summed E-state index contributed by atoms with van der Waals surface area (Å²) in [6, 6.07) is 14.1. The first kappa shape index (κ1) is 23.4. The van der Waals surface area contributed by atoms with Gasteiger partial charge in [0.1, 0.15) is 0 Å². The summed E-state index contributed by atoms with van der Waals surface area (Å²) >= 11 is 6.15. The number of ether oxygens (including phenoxy) is 1. The van der Waals surface area contributed by atoms with Gasteiger partial charge in [-0.05, 0) is 55.0 Å². The summed E-state index contributed by atoms with van der Waals surface area (Å²) in [5.41, 5.74) is 4.54. The molecule has 0 radical (unpaired) electrons. The lowest BCUT2D eigenvalue weighted by molar-refractivity contribution is -0.151. The standard InChI is InChI=1S/C27H31ClN2O3/c1-3-18-7-5-9-22-24(16-29-26(18)22)23(19-10-12-21(28)13-11-19)15-25(31)30-14-6-8-20(17-30)27(32)33-4-2/h5,7,9-13,16,20,23,29H,3-4,6,8,14-15,17H2,1-2H3. The van der Waals surface area contributed by atoms with Gasteiger partial charge in [0.05, 0.1) is 12.5 Å². The van der Waals surface area contributed by atoms with E-state index in [9.17, 15) is 9.59 Å². The molecule has 5 nitrogen and oxygen atoms in total. The van der Waals surface area contributed by atoms with Gasteiger partial charge >= 0.3 is 5.97 Å². The van der Waals surface area contributed by atoms with Crippen LogP contribution >= 0.6 is 11.6 Å². The molecular formula is C27H31ClN2O3. The van der Waals surface area contributed by atoms with Crippen molar-refractivity contribution >= 4 is 34.4 Å². The number of hydrogen-bond acceptors (Lipinski definition) is 3. The molecule has 1 fully saturated rings. The Bertz CT molecular complexity index is 1120. The maximum Gasteiger partial charge on any atom is 0.310 e. The summed E-state index contributed by atoms with van der Waals surface area (Å²) < 4.78 is 5.21. The SMILES string of the molecule is CCOC(=O)C1CCCN(C(=O)CC(c2ccc(Cl)cc2)c2c[nH]c3c(CC)cccc23)C1. The highest BCUT2D eigenvalue weighted by Gasteiger charge is 2.31. The topological polar surface area (TPSA) is 62.4 Å². The zero-order valence-corrected chi connectivity index (χ0v) is 20.0. The van der Waals surface area contributed by atoms with E-state index < -0.39 is 0 Å². The van der Waals surface area contributed by atoms with Crippen LogP contribution in [0.3, 0.4) is 0 Å². The average Bonchev–Trinajstić information content (AvgIpc) is 3.27. The molecule has 0 spiro atoms. The molecule has 2 atom stereocenters. The third-order valence-corrected chi connectivity index (χ3v) is 6.89. The second kappa shape index (κ2) is 10.4. The van der Waals surface area contributed by atoms with E-state index in [1.54, 1.807) is 0 Å². The number of aryl methyl sites for hydroxylation is 1. The number of amides is 1. The molecule has 1 saturated heterocycles. The number of H-pyrrole nitrogens is 1. The van der Waals surface area contributed by atoms with Crippen molar-refractivity contribution in [2.24, 2.45) is 5.92 Å². The van der Waals surface area contributed by atoms with Gasteiger partial charge in [-0.3, -0.25) is 9.59 Å². The number of rotatable bonds is 7. The molecule has 2 heterocycles. The van der Waals surface area contributed by atoms with Crippen LogP contribution in [0.1, 0.15) is 55.7 Å². The number of piperidine rings is 1. The van der Waals surface area contributed by atoms with Gasteiger partial charge in [-0.1, -0.05) is 48.9 Å². The Hall–Kier alpha value is -2.79. The Morgan fingerprint density at radius 3 is 2.70 bits per heavy atom. The van der Waals surface area contributed by atoms with Gasteiger partial charge in [0.15, 0.2) is 0 Å². The van der Waals surface area contributed by atoms with Gasteiger partial charge in [-0.15, -0.1) is 0 Å². The van der Waals surface area contributed by atoms with Gasteiger partial charge < -0.3 is 14.6 Å². The van der Waals surface area contributed by atoms with Crippen LogP contribution in [-0.2, 0) is 20.7 Å². The highest BCUT2D eigenvalue weighted by Crippen LogP contribution is 2.36. The number of carbonyl (C=O) groups excluding carboxylic acids is 2. The van der Waals surface area contributed by atoms with E-state index in [1.165, 1.54) is 5.56 Å². The van der Waals surface area contributed by atoms with E-state index in [1.807, 2.05) is 42.3 Å². The number of likely N-dealkylation sites (tertiary alicyclic amines) is 1. The molecule has 1 N–H and O–H groups in total. The van der Waals surface area contributed by atoms with E-state index in [-0.39, 0.29) is 23.7 Å². The highest BCUT2D eigenvalue weighted by molar-refractivity contribution is 6.30. The van der Waals surface area contributed by atoms with Gasteiger partial charge in [0.2, 0.25) is 5.91 Å². The molecule has 0 bridgehead atoms. The summed E-state index contributed by atoms with van der Waals surface area (Å²) in [4.78, 5) is 31.0. The molecule has 3 aromatic rings. The minimum absolute atomic E-state index is 0.0601. The Morgan fingerprint density at radius 2 is 1.97 bits per heavy atom. The molecule has 1 aliphatic heterocycles. The van der Waals surface area contributed by atoms with Gasteiger partial charge in [0.25, 0.3) is 0 Å². The quantitative estimate of drug-likeness (QED) is 0.454. The van der Waals surface area contributed by atoms with Crippen molar-refractivity contribution < 1.29 is 14.3 Å². The van der Waals surface area contributed by atoms with E-state index in [0.29, 0.717) is 31.1 Å². The number of fused-ring (bicyclic) bond motifs is 1. The maximum absolute atomic E-state index is 13.5. The van der Waals surface area contributed by atoms with E-state index in [2.05, 4.69) is 30.1 Å². The summed E-state index contributed by atoms with van der Waals surface area (Å²) in [7, 11) is 0. The Balaban J connectivity index is 1.63. The summed E-state index contributed by atoms with van der Waals surface area (Å²) in [6.45, 7) is 5.42. The van der Waals surface area contributed by atoms with Crippen LogP contribution in [0.15, 0.2) is 48.7 Å². The molecule has 1 aliphatic rings. The summed E-state index contributed by atoms with van der Waals surface area (Å²) in [5.74, 6) is -0.492. The number of hydrogen-bond donors (Lipinski definition) is 1. The molecule has 0 aliphatic carbocycles. The fraction of sp³-hybridized carbons (Fsp3) is 0.407. The fourth-order valence-corrected chi connectivity index (χ4v) is 5.01. The third-order valence-electron chi connectivity index (χ3n) is 6.64. The first-order valence-corrected chi connectivity index (χ1v) is 12.2. The molecule has 6 heteroatoms. The van der Waals surface area contributed by atoms with Crippen LogP contribution in [0.5, 0.6) is 0 Å². The Labute approximate surface area is 200 Å². The van der Waals surface area contributed by atoms with Crippen molar-refractivity contribution in [3.8, 4) is 0 Å². The molecule has 0 saturated carbocycles. The van der Waals surface area contributed by atoms with E-state index >= 15 is 0 Å². The third kappa shape index (κ3) is 5.09. The Morgan fingerprint density at radius 1 is 1.18 bits per heavy atom. The molecule has 33 heavy (non-hydrogen) atoms. The van der Waals surface area contributed by atoms with Crippen LogP contribution in [0, 0.1) is 5.92 Å². The van der Waals surface area contributed by atoms with Crippen LogP contribution in [0.25, 0.3) is 10.9 Å². The zero-order chi connectivity index (χ0) is 23.4. The number of halogens is 1. The van der Waals surface area contributed by atoms with Crippen molar-refractivity contribution in [2.45, 2.75) is 45.4 Å². The van der Waals surface area contributed by atoms with Gasteiger partial charge in [-0.2, -0.15) is 0 Å². The predicted molar refractivity (Wildman–Crippen MR) is 132 cm³/mol. The smallest absolute Gasteiger partial charge is 0.310 e. The average molecular weight is 467 g/mol. The molecule has 174 valence electrons. The van der Waals surface area contributed by atoms with Crippen LogP contribution < -0.4 is 0 Å². The monoisotopic (exact) mass is 466 g/mol. The lowest BCUT2D eigenvalue weighted by atomic mass is 9.87. The number of aromatic nitrogens is 1. The van der Waals surface area contributed by atoms with Crippen molar-refractivity contribution in [1.29, 1.82) is 0 Å². The maximum atomic E-state index is 13.5. The number of benzene rings is 2. The zero-order valence-electron chi connectivity index (χ0n) is 19.3. The van der Waals surface area contributed by atoms with Gasteiger partial charge in [-0.25, -0.2) is 0 Å². The molecule has 1 amide bonds. The van der Waals surface area contributed by atoms with Crippen molar-refractivity contribution in [2.75, 3.05) is 19.7 Å². The first-order valence-electron chi connectivity index (χ1n) is 11.8. The normalized spacial score (nSPS) is 17.2. The number of nitrogens with zero attached hydrogens (tertiary/aromatic N) is 1. The molecule has 2 unspecified atom stereocenters. The lowest BCUT2D eigenvalue weighted by Crippen LogP contribution is -2.43. The number of aromatic amines is 1. The summed E-state index contributed by atoms with van der Waals surface area (Å²) in [6.07, 6.45) is 4.89. The van der Waals surface area contributed by atoms with Crippen LogP contribution in [-0.4, -0.2) is 41.5 Å². The lowest BCUT2D eigenvalue weighted by Gasteiger charge is -2.32. The highest BCUT2D eigenvalue weighted by atomic mass is 35.5. The van der Waals surface area contributed by atoms with E-state index in [0.717, 1.165) is 41.3 Å². The number of para-hydroxylation sites is 1. The van der Waals surface area contributed by atoms with Crippen LogP contribution in [0.4, 0.5) is 0 Å². The minimum Gasteiger partial charge on any atom is -0.466 e. The second-order valence-electron chi connectivity index (χ2n) is 8.68. The Kier molecular flexibility index (Phi) is 7.39. The van der Waals surface area contributed by atoms with Crippen molar-refractivity contribution in [3.63, 3.8) is 0 Å². The number of esters is 1. The number of carbonyl (C=O) groups is 2. The predicted octanol–water partition coefficient (Wildman–Crippen LogP) is 5.71.